The first-order chi connectivity index (χ1) is 6.31. The quantitative estimate of drug-likeness (QED) is 0.437. The standard InChI is InChI=1S/C10H20N2O/c1-3-10(13)12-9-7-5-6-8-11-4-2/h3,11H,1,4-9H2,2H3,(H,12,13). The highest BCUT2D eigenvalue weighted by molar-refractivity contribution is 5.86. The molecule has 0 unspecified atom stereocenters. The van der Waals surface area contributed by atoms with E-state index in [1.807, 2.05) is 0 Å². The van der Waals surface area contributed by atoms with Gasteiger partial charge in [0.15, 0.2) is 0 Å². The Hall–Kier alpha value is -0.830. The van der Waals surface area contributed by atoms with Crippen molar-refractivity contribution in [2.45, 2.75) is 26.2 Å². The molecule has 0 fully saturated rings. The summed E-state index contributed by atoms with van der Waals surface area (Å²) in [6.45, 7) is 8.35. The molecule has 0 radical (unpaired) electrons. The summed E-state index contributed by atoms with van der Waals surface area (Å²) in [6.07, 6.45) is 4.69. The van der Waals surface area contributed by atoms with E-state index in [0.29, 0.717) is 0 Å². The van der Waals surface area contributed by atoms with Gasteiger partial charge in [-0.3, -0.25) is 4.79 Å². The van der Waals surface area contributed by atoms with Crippen LogP contribution in [-0.4, -0.2) is 25.5 Å². The van der Waals surface area contributed by atoms with Gasteiger partial charge in [-0.1, -0.05) is 19.9 Å². The van der Waals surface area contributed by atoms with Crippen molar-refractivity contribution in [1.82, 2.24) is 10.6 Å². The molecule has 0 aliphatic rings. The van der Waals surface area contributed by atoms with Crippen LogP contribution in [0.15, 0.2) is 12.7 Å². The molecule has 0 atom stereocenters. The zero-order chi connectivity index (χ0) is 9.94. The van der Waals surface area contributed by atoms with Gasteiger partial charge in [0.2, 0.25) is 5.91 Å². The lowest BCUT2D eigenvalue weighted by atomic mass is 10.2. The minimum Gasteiger partial charge on any atom is -0.353 e. The van der Waals surface area contributed by atoms with Crippen LogP contribution in [0.25, 0.3) is 0 Å². The lowest BCUT2D eigenvalue weighted by molar-refractivity contribution is -0.116. The molecule has 0 spiro atoms. The second-order valence-corrected chi connectivity index (χ2v) is 2.91. The Balaban J connectivity index is 2.99. The second kappa shape index (κ2) is 9.26. The van der Waals surface area contributed by atoms with Gasteiger partial charge in [0, 0.05) is 6.54 Å². The molecule has 2 N–H and O–H groups in total. The highest BCUT2D eigenvalue weighted by Crippen LogP contribution is 1.91. The minimum absolute atomic E-state index is 0.0771. The number of unbranched alkanes of at least 4 members (excludes halogenated alkanes) is 2. The molecular weight excluding hydrogens is 164 g/mol. The van der Waals surface area contributed by atoms with Gasteiger partial charge in [-0.2, -0.15) is 0 Å². The smallest absolute Gasteiger partial charge is 0.243 e. The first-order valence-electron chi connectivity index (χ1n) is 4.92. The van der Waals surface area contributed by atoms with Gasteiger partial charge >= 0.3 is 0 Å². The highest BCUT2D eigenvalue weighted by atomic mass is 16.1. The maximum absolute atomic E-state index is 10.7. The fourth-order valence-corrected chi connectivity index (χ4v) is 1.01. The van der Waals surface area contributed by atoms with Crippen molar-refractivity contribution in [1.29, 1.82) is 0 Å². The average molecular weight is 184 g/mol. The largest absolute Gasteiger partial charge is 0.353 e. The van der Waals surface area contributed by atoms with Gasteiger partial charge in [0.1, 0.15) is 0 Å². The predicted molar refractivity (Wildman–Crippen MR) is 55.6 cm³/mol. The Labute approximate surface area is 80.6 Å². The summed E-state index contributed by atoms with van der Waals surface area (Å²) < 4.78 is 0. The van der Waals surface area contributed by atoms with E-state index in [1.54, 1.807) is 0 Å². The van der Waals surface area contributed by atoms with E-state index in [2.05, 4.69) is 24.1 Å². The van der Waals surface area contributed by atoms with E-state index in [4.69, 9.17) is 0 Å². The molecule has 0 aromatic heterocycles. The van der Waals surface area contributed by atoms with Crippen LogP contribution < -0.4 is 10.6 Å². The molecule has 0 aliphatic heterocycles. The monoisotopic (exact) mass is 184 g/mol. The van der Waals surface area contributed by atoms with E-state index in [1.165, 1.54) is 12.5 Å². The molecule has 76 valence electrons. The van der Waals surface area contributed by atoms with Gasteiger partial charge in [-0.15, -0.1) is 0 Å². The molecular formula is C10H20N2O. The molecule has 0 aromatic carbocycles. The van der Waals surface area contributed by atoms with Crippen LogP contribution in [0.3, 0.4) is 0 Å². The Morgan fingerprint density at radius 3 is 2.62 bits per heavy atom. The van der Waals surface area contributed by atoms with Crippen LogP contribution in [0.5, 0.6) is 0 Å². The maximum Gasteiger partial charge on any atom is 0.243 e. The van der Waals surface area contributed by atoms with Crippen molar-refractivity contribution in [3.63, 3.8) is 0 Å². The van der Waals surface area contributed by atoms with Crippen LogP contribution in [0.4, 0.5) is 0 Å². The third kappa shape index (κ3) is 9.08. The number of hydrogen-bond acceptors (Lipinski definition) is 2. The molecule has 0 heterocycles. The number of nitrogens with one attached hydrogen (secondary N) is 2. The lowest BCUT2D eigenvalue weighted by Crippen LogP contribution is -2.22. The summed E-state index contributed by atoms with van der Waals surface area (Å²) in [5.41, 5.74) is 0. The molecule has 0 bridgehead atoms. The minimum atomic E-state index is -0.0771. The highest BCUT2D eigenvalue weighted by Gasteiger charge is 1.92. The van der Waals surface area contributed by atoms with Gasteiger partial charge in [0.25, 0.3) is 0 Å². The Kier molecular flexibility index (Phi) is 8.67. The summed E-state index contributed by atoms with van der Waals surface area (Å²) >= 11 is 0. The predicted octanol–water partition coefficient (Wildman–Crippen LogP) is 1.07. The van der Waals surface area contributed by atoms with Gasteiger partial charge in [-0.05, 0) is 32.0 Å². The van der Waals surface area contributed by atoms with Crippen molar-refractivity contribution >= 4 is 5.91 Å². The fourth-order valence-electron chi connectivity index (χ4n) is 1.01. The molecule has 3 nitrogen and oxygen atoms in total. The summed E-state index contributed by atoms with van der Waals surface area (Å²) in [6, 6.07) is 0. The van der Waals surface area contributed by atoms with E-state index in [-0.39, 0.29) is 5.91 Å². The van der Waals surface area contributed by atoms with E-state index < -0.39 is 0 Å². The zero-order valence-corrected chi connectivity index (χ0v) is 8.44. The molecule has 13 heavy (non-hydrogen) atoms. The Bertz CT molecular complexity index is 146. The number of rotatable bonds is 8. The maximum atomic E-state index is 10.7. The van der Waals surface area contributed by atoms with Crippen LogP contribution in [0.1, 0.15) is 26.2 Å². The van der Waals surface area contributed by atoms with Crippen molar-refractivity contribution in [2.24, 2.45) is 0 Å². The normalized spacial score (nSPS) is 9.62. The topological polar surface area (TPSA) is 41.1 Å². The van der Waals surface area contributed by atoms with E-state index >= 15 is 0 Å². The molecule has 0 aliphatic carbocycles. The molecule has 0 saturated heterocycles. The number of carbonyl (C=O) groups is 1. The van der Waals surface area contributed by atoms with E-state index in [9.17, 15) is 4.79 Å². The summed E-state index contributed by atoms with van der Waals surface area (Å²) in [4.78, 5) is 10.7. The second-order valence-electron chi connectivity index (χ2n) is 2.91. The first kappa shape index (κ1) is 12.2. The van der Waals surface area contributed by atoms with E-state index in [0.717, 1.165) is 32.5 Å². The van der Waals surface area contributed by atoms with Crippen molar-refractivity contribution in [3.8, 4) is 0 Å². The van der Waals surface area contributed by atoms with Crippen LogP contribution in [0, 0.1) is 0 Å². The molecule has 0 saturated carbocycles. The van der Waals surface area contributed by atoms with Crippen molar-refractivity contribution in [2.75, 3.05) is 19.6 Å². The molecule has 1 amide bonds. The third-order valence-corrected chi connectivity index (χ3v) is 1.76. The van der Waals surface area contributed by atoms with Crippen molar-refractivity contribution < 1.29 is 4.79 Å². The SMILES string of the molecule is C=CC(=O)NCCCCCNCC. The lowest BCUT2D eigenvalue weighted by Gasteiger charge is -2.02. The van der Waals surface area contributed by atoms with Gasteiger partial charge < -0.3 is 10.6 Å². The average Bonchev–Trinajstić information content (AvgIpc) is 2.16. The Morgan fingerprint density at radius 1 is 1.31 bits per heavy atom. The van der Waals surface area contributed by atoms with Gasteiger partial charge in [0.05, 0.1) is 0 Å². The van der Waals surface area contributed by atoms with Crippen LogP contribution in [0.2, 0.25) is 0 Å². The van der Waals surface area contributed by atoms with Gasteiger partial charge in [-0.25, -0.2) is 0 Å². The summed E-state index contributed by atoms with van der Waals surface area (Å²) in [5.74, 6) is -0.0771. The number of amides is 1. The zero-order valence-electron chi connectivity index (χ0n) is 8.44. The summed E-state index contributed by atoms with van der Waals surface area (Å²) in [7, 11) is 0. The molecule has 0 rings (SSSR count). The van der Waals surface area contributed by atoms with Crippen molar-refractivity contribution in [3.05, 3.63) is 12.7 Å². The number of hydrogen-bond donors (Lipinski definition) is 2. The molecule has 3 heteroatoms. The Morgan fingerprint density at radius 2 is 2.00 bits per heavy atom. The first-order valence-corrected chi connectivity index (χ1v) is 4.92. The van der Waals surface area contributed by atoms with Crippen LogP contribution in [-0.2, 0) is 4.79 Å². The van der Waals surface area contributed by atoms with Crippen LogP contribution >= 0.6 is 0 Å². The fraction of sp³-hybridized carbons (Fsp3) is 0.700. The number of carbonyl (C=O) groups excluding carboxylic acids is 1. The summed E-state index contributed by atoms with van der Waals surface area (Å²) in [5, 5.41) is 6.00. The molecule has 0 aromatic rings. The third-order valence-electron chi connectivity index (χ3n) is 1.76.